The quantitative estimate of drug-likeness (QED) is 0.707. The van der Waals surface area contributed by atoms with Gasteiger partial charge < -0.3 is 0 Å². The number of hydrogen-bond donors (Lipinski definition) is 1. The molecule has 3 aromatic carbocycles. The molecular weight excluding hydrogens is 358 g/mol. The minimum absolute atomic E-state index is 0.0153. The van der Waals surface area contributed by atoms with E-state index in [1.165, 1.54) is 18.2 Å². The highest BCUT2D eigenvalue weighted by Crippen LogP contribution is 2.24. The molecular formula is C19H14ClNO3S. The predicted octanol–water partition coefficient (Wildman–Crippen LogP) is 3.89. The van der Waals surface area contributed by atoms with Crippen LogP contribution < -0.4 is 5.14 Å². The fraction of sp³-hybridized carbons (Fsp3) is 0. The van der Waals surface area contributed by atoms with Crippen LogP contribution in [-0.4, -0.2) is 14.2 Å². The fourth-order valence-corrected chi connectivity index (χ4v) is 3.55. The molecule has 0 amide bonds. The van der Waals surface area contributed by atoms with Crippen LogP contribution >= 0.6 is 11.6 Å². The van der Waals surface area contributed by atoms with Gasteiger partial charge in [0.1, 0.15) is 4.90 Å². The molecule has 126 valence electrons. The maximum Gasteiger partial charge on any atom is 0.239 e. The first kappa shape index (κ1) is 17.4. The van der Waals surface area contributed by atoms with Crippen molar-refractivity contribution in [2.24, 2.45) is 5.14 Å². The summed E-state index contributed by atoms with van der Waals surface area (Å²) >= 11 is 5.85. The lowest BCUT2D eigenvalue weighted by molar-refractivity contribution is 0.103. The summed E-state index contributed by atoms with van der Waals surface area (Å²) in [6, 6.07) is 20.9. The van der Waals surface area contributed by atoms with Crippen LogP contribution in [0.2, 0.25) is 5.02 Å². The van der Waals surface area contributed by atoms with E-state index >= 15 is 0 Å². The van der Waals surface area contributed by atoms with Crippen LogP contribution in [0.5, 0.6) is 0 Å². The lowest BCUT2D eigenvalue weighted by Gasteiger charge is -2.07. The maximum absolute atomic E-state index is 12.6. The molecule has 0 radical (unpaired) electrons. The van der Waals surface area contributed by atoms with Crippen LogP contribution in [0.3, 0.4) is 0 Å². The standard InChI is InChI=1S/C19H14ClNO3S/c20-17-11-10-16(12-18(17)25(21,23)24)19(22)15-8-6-14(7-9-15)13-4-2-1-3-5-13/h1-12H,(H2,21,23,24). The van der Waals surface area contributed by atoms with E-state index in [1.54, 1.807) is 12.1 Å². The number of primary sulfonamides is 1. The second-order valence-electron chi connectivity index (χ2n) is 5.46. The number of hydrogen-bond acceptors (Lipinski definition) is 3. The van der Waals surface area contributed by atoms with E-state index in [-0.39, 0.29) is 21.3 Å². The van der Waals surface area contributed by atoms with Crippen molar-refractivity contribution in [2.75, 3.05) is 0 Å². The van der Waals surface area contributed by atoms with Gasteiger partial charge in [-0.3, -0.25) is 4.79 Å². The smallest absolute Gasteiger partial charge is 0.239 e. The van der Waals surface area contributed by atoms with Crippen LogP contribution in [0.25, 0.3) is 11.1 Å². The van der Waals surface area contributed by atoms with Gasteiger partial charge in [0.2, 0.25) is 10.0 Å². The number of carbonyl (C=O) groups excluding carboxylic acids is 1. The molecule has 0 bridgehead atoms. The second kappa shape index (κ2) is 6.80. The summed E-state index contributed by atoms with van der Waals surface area (Å²) in [4.78, 5) is 12.3. The van der Waals surface area contributed by atoms with Gasteiger partial charge in [0, 0.05) is 11.1 Å². The molecule has 0 fully saturated rings. The molecule has 0 heterocycles. The van der Waals surface area contributed by atoms with Crippen molar-refractivity contribution in [3.05, 3.63) is 88.9 Å². The van der Waals surface area contributed by atoms with Gasteiger partial charge in [0.05, 0.1) is 5.02 Å². The number of sulfonamides is 1. The number of rotatable bonds is 4. The Hall–Kier alpha value is -2.47. The van der Waals surface area contributed by atoms with Gasteiger partial charge in [-0.05, 0) is 29.3 Å². The third-order valence-electron chi connectivity index (χ3n) is 3.75. The topological polar surface area (TPSA) is 77.2 Å². The number of nitrogens with two attached hydrogens (primary N) is 1. The SMILES string of the molecule is NS(=O)(=O)c1cc(C(=O)c2ccc(-c3ccccc3)cc2)ccc1Cl. The lowest BCUT2D eigenvalue weighted by atomic mass is 9.99. The lowest BCUT2D eigenvalue weighted by Crippen LogP contribution is -2.14. The van der Waals surface area contributed by atoms with Gasteiger partial charge in [0.15, 0.2) is 5.78 Å². The van der Waals surface area contributed by atoms with Crippen molar-refractivity contribution in [1.82, 2.24) is 0 Å². The normalized spacial score (nSPS) is 11.3. The molecule has 0 aromatic heterocycles. The molecule has 25 heavy (non-hydrogen) atoms. The number of benzene rings is 3. The van der Waals surface area contributed by atoms with E-state index in [4.69, 9.17) is 16.7 Å². The third-order valence-corrected chi connectivity index (χ3v) is 5.15. The predicted molar refractivity (Wildman–Crippen MR) is 98.1 cm³/mol. The molecule has 0 aliphatic heterocycles. The van der Waals surface area contributed by atoms with E-state index in [2.05, 4.69) is 0 Å². The zero-order valence-corrected chi connectivity index (χ0v) is 14.6. The Labute approximate surface area is 150 Å². The maximum atomic E-state index is 12.6. The van der Waals surface area contributed by atoms with Crippen LogP contribution in [-0.2, 0) is 10.0 Å². The summed E-state index contributed by atoms with van der Waals surface area (Å²) in [6.07, 6.45) is 0. The fourth-order valence-electron chi connectivity index (χ4n) is 2.47. The molecule has 3 rings (SSSR count). The summed E-state index contributed by atoms with van der Waals surface area (Å²) in [6.45, 7) is 0. The molecule has 2 N–H and O–H groups in total. The molecule has 0 aliphatic carbocycles. The Balaban J connectivity index is 1.94. The van der Waals surface area contributed by atoms with Gasteiger partial charge in [-0.15, -0.1) is 0 Å². The van der Waals surface area contributed by atoms with Gasteiger partial charge in [0.25, 0.3) is 0 Å². The van der Waals surface area contributed by atoms with Crippen LogP contribution in [0.4, 0.5) is 0 Å². The van der Waals surface area contributed by atoms with E-state index in [0.29, 0.717) is 5.56 Å². The van der Waals surface area contributed by atoms with Crippen LogP contribution in [0.15, 0.2) is 77.7 Å². The first-order chi connectivity index (χ1) is 11.9. The summed E-state index contributed by atoms with van der Waals surface area (Å²) in [5.74, 6) is -0.304. The number of halogens is 1. The van der Waals surface area contributed by atoms with Crippen molar-refractivity contribution < 1.29 is 13.2 Å². The molecule has 0 aliphatic rings. The van der Waals surface area contributed by atoms with Crippen molar-refractivity contribution in [3.8, 4) is 11.1 Å². The average Bonchev–Trinajstić information content (AvgIpc) is 2.61. The van der Waals surface area contributed by atoms with Gasteiger partial charge in [-0.25, -0.2) is 13.6 Å². The van der Waals surface area contributed by atoms with E-state index in [1.807, 2.05) is 42.5 Å². The first-order valence-corrected chi connectivity index (χ1v) is 9.31. The zero-order valence-electron chi connectivity index (χ0n) is 13.0. The zero-order chi connectivity index (χ0) is 18.0. The summed E-state index contributed by atoms with van der Waals surface area (Å²) in [5, 5.41) is 5.11. The Kier molecular flexibility index (Phi) is 4.72. The Morgan fingerprint density at radius 3 is 1.96 bits per heavy atom. The molecule has 3 aromatic rings. The van der Waals surface area contributed by atoms with Gasteiger partial charge >= 0.3 is 0 Å². The van der Waals surface area contributed by atoms with Gasteiger partial charge in [-0.2, -0.15) is 0 Å². The van der Waals surface area contributed by atoms with Gasteiger partial charge in [-0.1, -0.05) is 66.2 Å². The summed E-state index contributed by atoms with van der Waals surface area (Å²) in [7, 11) is -4.00. The first-order valence-electron chi connectivity index (χ1n) is 7.39. The van der Waals surface area contributed by atoms with Crippen molar-refractivity contribution in [1.29, 1.82) is 0 Å². The molecule has 0 saturated heterocycles. The Morgan fingerprint density at radius 1 is 0.800 bits per heavy atom. The monoisotopic (exact) mass is 371 g/mol. The minimum atomic E-state index is -4.00. The van der Waals surface area contributed by atoms with E-state index < -0.39 is 10.0 Å². The molecule has 0 atom stereocenters. The van der Waals surface area contributed by atoms with E-state index in [9.17, 15) is 13.2 Å². The number of ketones is 1. The second-order valence-corrected chi connectivity index (χ2v) is 7.40. The highest BCUT2D eigenvalue weighted by atomic mass is 35.5. The summed E-state index contributed by atoms with van der Waals surface area (Å²) in [5.41, 5.74) is 2.69. The molecule has 0 spiro atoms. The van der Waals surface area contributed by atoms with E-state index in [0.717, 1.165) is 11.1 Å². The molecule has 0 saturated carbocycles. The highest BCUT2D eigenvalue weighted by Gasteiger charge is 2.17. The van der Waals surface area contributed by atoms with Crippen molar-refractivity contribution in [3.63, 3.8) is 0 Å². The molecule has 0 unspecified atom stereocenters. The minimum Gasteiger partial charge on any atom is -0.289 e. The largest absolute Gasteiger partial charge is 0.289 e. The van der Waals surface area contributed by atoms with Crippen LogP contribution in [0, 0.1) is 0 Å². The number of carbonyl (C=O) groups is 1. The average molecular weight is 372 g/mol. The molecule has 4 nitrogen and oxygen atoms in total. The Bertz CT molecular complexity index is 1030. The van der Waals surface area contributed by atoms with Crippen molar-refractivity contribution >= 4 is 27.4 Å². The van der Waals surface area contributed by atoms with Crippen LogP contribution in [0.1, 0.15) is 15.9 Å². The molecule has 6 heteroatoms. The summed E-state index contributed by atoms with van der Waals surface area (Å²) < 4.78 is 23.1. The Morgan fingerprint density at radius 2 is 1.36 bits per heavy atom. The third kappa shape index (κ3) is 3.79. The highest BCUT2D eigenvalue weighted by molar-refractivity contribution is 7.89. The van der Waals surface area contributed by atoms with Crippen molar-refractivity contribution in [2.45, 2.75) is 4.90 Å².